The van der Waals surface area contributed by atoms with Gasteiger partial charge >= 0.3 is 0 Å². The number of aliphatic imine (C=N–C) groups is 1. The summed E-state index contributed by atoms with van der Waals surface area (Å²) in [7, 11) is 0. The van der Waals surface area contributed by atoms with Crippen LogP contribution in [0.2, 0.25) is 0 Å². The van der Waals surface area contributed by atoms with Crippen molar-refractivity contribution in [2.75, 3.05) is 18.8 Å². The fourth-order valence-electron chi connectivity index (χ4n) is 5.44. The lowest BCUT2D eigenvalue weighted by molar-refractivity contribution is -0.138. The van der Waals surface area contributed by atoms with Gasteiger partial charge in [0.15, 0.2) is 11.5 Å². The van der Waals surface area contributed by atoms with Gasteiger partial charge in [-0.25, -0.2) is 9.98 Å². The highest BCUT2D eigenvalue weighted by Crippen LogP contribution is 2.40. The summed E-state index contributed by atoms with van der Waals surface area (Å²) in [4.78, 5) is 27.8. The first-order valence-electron chi connectivity index (χ1n) is 12.3. The number of anilines is 1. The number of benzene rings is 1. The van der Waals surface area contributed by atoms with E-state index in [1.54, 1.807) is 0 Å². The Bertz CT molecular complexity index is 1080. The van der Waals surface area contributed by atoms with Gasteiger partial charge in [0.1, 0.15) is 11.9 Å². The van der Waals surface area contributed by atoms with E-state index in [2.05, 4.69) is 34.2 Å². The molecule has 0 unspecified atom stereocenters. The monoisotopic (exact) mass is 463 g/mol. The van der Waals surface area contributed by atoms with Gasteiger partial charge in [0.25, 0.3) is 0 Å². The molecule has 2 aliphatic heterocycles. The number of piperidine rings is 1. The molecule has 1 aromatic carbocycles. The molecular formula is C26H33N5O3. The van der Waals surface area contributed by atoms with Gasteiger partial charge in [-0.3, -0.25) is 4.79 Å². The van der Waals surface area contributed by atoms with Crippen molar-refractivity contribution in [2.45, 2.75) is 70.0 Å². The summed E-state index contributed by atoms with van der Waals surface area (Å²) < 4.78 is 6.09. The predicted octanol–water partition coefficient (Wildman–Crippen LogP) is 3.61. The fraction of sp³-hybridized carbons (Fsp3) is 0.538. The number of fused-ring (bicyclic) bond motifs is 1. The molecule has 8 nitrogen and oxygen atoms in total. The largest absolute Gasteiger partial charge is 0.463 e. The van der Waals surface area contributed by atoms with Crippen LogP contribution in [0.5, 0.6) is 5.88 Å². The number of rotatable bonds is 3. The molecule has 3 aliphatic rings. The Kier molecular flexibility index (Phi) is 6.02. The number of aliphatic hydroxyl groups is 1. The Labute approximate surface area is 200 Å². The highest BCUT2D eigenvalue weighted by Gasteiger charge is 2.36. The summed E-state index contributed by atoms with van der Waals surface area (Å²) in [5.74, 6) is 1.57. The van der Waals surface area contributed by atoms with Gasteiger partial charge in [0, 0.05) is 24.6 Å². The number of amides is 1. The van der Waals surface area contributed by atoms with E-state index < -0.39 is 5.60 Å². The van der Waals surface area contributed by atoms with Crippen LogP contribution >= 0.6 is 0 Å². The molecule has 3 heterocycles. The number of aromatic nitrogens is 2. The number of likely N-dealkylation sites (tertiary alicyclic amines) is 1. The van der Waals surface area contributed by atoms with Crippen molar-refractivity contribution in [2.24, 2.45) is 10.9 Å². The van der Waals surface area contributed by atoms with E-state index in [4.69, 9.17) is 15.5 Å². The third-order valence-corrected chi connectivity index (χ3v) is 7.47. The maximum Gasteiger partial charge on any atom is 0.246 e. The minimum atomic E-state index is -0.641. The number of aliphatic hydroxyl groups excluding tert-OH is 1. The molecular weight excluding hydrogens is 430 g/mol. The molecule has 8 heteroatoms. The lowest BCUT2D eigenvalue weighted by Crippen LogP contribution is -2.43. The van der Waals surface area contributed by atoms with Gasteiger partial charge in [0.05, 0.1) is 11.8 Å². The third kappa shape index (κ3) is 4.39. The molecule has 2 aromatic rings. The number of nitrogens with zero attached hydrogens (tertiary/aromatic N) is 4. The van der Waals surface area contributed by atoms with Crippen molar-refractivity contribution in [3.8, 4) is 5.88 Å². The molecule has 0 bridgehead atoms. The molecule has 1 aromatic heterocycles. The van der Waals surface area contributed by atoms with Crippen molar-refractivity contribution in [3.63, 3.8) is 0 Å². The molecule has 5 rings (SSSR count). The molecule has 0 atom stereocenters. The molecule has 0 radical (unpaired) electrons. The smallest absolute Gasteiger partial charge is 0.246 e. The van der Waals surface area contributed by atoms with E-state index in [1.807, 2.05) is 18.7 Å². The van der Waals surface area contributed by atoms with Crippen molar-refractivity contribution >= 4 is 23.1 Å². The van der Waals surface area contributed by atoms with Crippen molar-refractivity contribution < 1.29 is 14.6 Å². The maximum atomic E-state index is 12.9. The standard InChI is InChI=1S/C26H33N5O3/c1-26(2)22(30-21-23(27)28-15-29-24(21)34-26)18-7-3-16(4-8-18)17-5-9-19(10-6-17)25(33)31-13-11-20(32)12-14-31/h3-4,7-8,15,17,19-20,32H,5-6,9-14H2,1-2H3,(H2,27,28,29). The van der Waals surface area contributed by atoms with Crippen molar-refractivity contribution in [3.05, 3.63) is 41.7 Å². The zero-order chi connectivity index (χ0) is 23.9. The second-order valence-electron chi connectivity index (χ2n) is 10.2. The molecule has 3 N–H and O–H groups in total. The van der Waals surface area contributed by atoms with E-state index in [-0.39, 0.29) is 17.9 Å². The second kappa shape index (κ2) is 8.98. The zero-order valence-corrected chi connectivity index (χ0v) is 19.9. The van der Waals surface area contributed by atoms with Crippen LogP contribution in [0.3, 0.4) is 0 Å². The molecule has 1 amide bonds. The summed E-state index contributed by atoms with van der Waals surface area (Å²) in [6.07, 6.45) is 6.42. The second-order valence-corrected chi connectivity index (χ2v) is 10.2. The Hall–Kier alpha value is -3.00. The SMILES string of the molecule is CC1(C)Oc2ncnc(N)c2N=C1c1ccc(C2CCC(C(=O)N3CCC(O)CC3)CC2)cc1. The molecule has 2 fully saturated rings. The zero-order valence-electron chi connectivity index (χ0n) is 19.9. The fourth-order valence-corrected chi connectivity index (χ4v) is 5.44. The third-order valence-electron chi connectivity index (χ3n) is 7.47. The molecule has 1 saturated heterocycles. The number of nitrogens with two attached hydrogens (primary N) is 1. The first-order chi connectivity index (χ1) is 16.3. The summed E-state index contributed by atoms with van der Waals surface area (Å²) >= 11 is 0. The highest BCUT2D eigenvalue weighted by molar-refractivity contribution is 6.09. The van der Waals surface area contributed by atoms with Crippen LogP contribution in [0.4, 0.5) is 11.5 Å². The highest BCUT2D eigenvalue weighted by atomic mass is 16.5. The molecule has 1 saturated carbocycles. The van der Waals surface area contributed by atoms with Crippen LogP contribution in [-0.4, -0.2) is 56.4 Å². The Morgan fingerprint density at radius 2 is 1.74 bits per heavy atom. The number of hydrogen-bond acceptors (Lipinski definition) is 7. The van der Waals surface area contributed by atoms with E-state index in [1.165, 1.54) is 11.9 Å². The summed E-state index contributed by atoms with van der Waals surface area (Å²) in [6.45, 7) is 5.33. The Morgan fingerprint density at radius 3 is 2.41 bits per heavy atom. The first-order valence-corrected chi connectivity index (χ1v) is 12.3. The van der Waals surface area contributed by atoms with Gasteiger partial charge in [-0.15, -0.1) is 0 Å². The van der Waals surface area contributed by atoms with Crippen LogP contribution in [-0.2, 0) is 4.79 Å². The number of ether oxygens (including phenoxy) is 1. The molecule has 34 heavy (non-hydrogen) atoms. The predicted molar refractivity (Wildman–Crippen MR) is 130 cm³/mol. The summed E-state index contributed by atoms with van der Waals surface area (Å²) in [5.41, 5.74) is 8.92. The van der Waals surface area contributed by atoms with Gasteiger partial charge < -0.3 is 20.5 Å². The van der Waals surface area contributed by atoms with Crippen LogP contribution in [0.1, 0.15) is 69.4 Å². The minimum Gasteiger partial charge on any atom is -0.463 e. The van der Waals surface area contributed by atoms with Gasteiger partial charge in [-0.1, -0.05) is 24.3 Å². The average molecular weight is 464 g/mol. The van der Waals surface area contributed by atoms with Crippen molar-refractivity contribution in [1.82, 2.24) is 14.9 Å². The summed E-state index contributed by atoms with van der Waals surface area (Å²) in [5, 5.41) is 9.70. The normalized spacial score (nSPS) is 24.7. The van der Waals surface area contributed by atoms with E-state index in [0.29, 0.717) is 49.2 Å². The quantitative estimate of drug-likeness (QED) is 0.719. The first kappa shape index (κ1) is 22.8. The van der Waals surface area contributed by atoms with Crippen LogP contribution in [0.15, 0.2) is 35.6 Å². The number of nitrogen functional groups attached to an aromatic ring is 1. The number of carbonyl (C=O) groups excluding carboxylic acids is 1. The van der Waals surface area contributed by atoms with Crippen LogP contribution in [0.25, 0.3) is 0 Å². The van der Waals surface area contributed by atoms with Gasteiger partial charge in [0.2, 0.25) is 11.8 Å². The number of hydrogen-bond donors (Lipinski definition) is 2. The lowest BCUT2D eigenvalue weighted by atomic mass is 9.77. The minimum absolute atomic E-state index is 0.119. The molecule has 180 valence electrons. The maximum absolute atomic E-state index is 12.9. The topological polar surface area (TPSA) is 114 Å². The van der Waals surface area contributed by atoms with Gasteiger partial charge in [-0.05, 0) is 63.9 Å². The lowest BCUT2D eigenvalue weighted by Gasteiger charge is -2.35. The van der Waals surface area contributed by atoms with Crippen LogP contribution < -0.4 is 10.5 Å². The van der Waals surface area contributed by atoms with Crippen molar-refractivity contribution in [1.29, 1.82) is 0 Å². The van der Waals surface area contributed by atoms with E-state index >= 15 is 0 Å². The average Bonchev–Trinajstić information content (AvgIpc) is 2.84. The molecule has 1 aliphatic carbocycles. The Balaban J connectivity index is 1.26. The van der Waals surface area contributed by atoms with E-state index in [9.17, 15) is 9.90 Å². The number of carbonyl (C=O) groups is 1. The Morgan fingerprint density at radius 1 is 1.06 bits per heavy atom. The van der Waals surface area contributed by atoms with E-state index in [0.717, 1.165) is 37.0 Å². The van der Waals surface area contributed by atoms with Gasteiger partial charge in [-0.2, -0.15) is 4.98 Å². The van der Waals surface area contributed by atoms with Crippen LogP contribution in [0, 0.1) is 5.92 Å². The summed E-state index contributed by atoms with van der Waals surface area (Å²) in [6, 6.07) is 8.54. The molecule has 0 spiro atoms.